The molecule has 5 heteroatoms. The van der Waals surface area contributed by atoms with E-state index in [-0.39, 0.29) is 30.1 Å². The number of hydrogen-bond donors (Lipinski definition) is 2. The molecule has 1 aromatic rings. The van der Waals surface area contributed by atoms with E-state index in [1.54, 1.807) is 7.11 Å². The molecule has 2 rings (SSSR count). The van der Waals surface area contributed by atoms with Gasteiger partial charge in [0, 0.05) is 18.9 Å². The molecule has 3 unspecified atom stereocenters. The molecule has 114 valence electrons. The number of methoxy groups -OCH3 is 1. The number of carboxylic acids is 1. The Hall–Kier alpha value is -2.04. The average Bonchev–Trinajstić information content (AvgIpc) is 3.24. The fourth-order valence-corrected chi connectivity index (χ4v) is 2.50. The van der Waals surface area contributed by atoms with E-state index in [1.807, 2.05) is 31.2 Å². The van der Waals surface area contributed by atoms with Gasteiger partial charge in [-0.3, -0.25) is 9.59 Å². The van der Waals surface area contributed by atoms with Gasteiger partial charge in [-0.1, -0.05) is 19.1 Å². The first kappa shape index (κ1) is 15.4. The van der Waals surface area contributed by atoms with Crippen LogP contribution >= 0.6 is 0 Å². The first-order chi connectivity index (χ1) is 10.0. The predicted octanol–water partition coefficient (Wildman–Crippen LogP) is 2.03. The van der Waals surface area contributed by atoms with Crippen molar-refractivity contribution in [2.75, 3.05) is 13.7 Å². The Morgan fingerprint density at radius 3 is 2.90 bits per heavy atom. The molecular formula is C16H21NO4. The molecule has 0 spiro atoms. The van der Waals surface area contributed by atoms with Crippen LogP contribution < -0.4 is 10.1 Å². The van der Waals surface area contributed by atoms with E-state index in [9.17, 15) is 9.59 Å². The molecule has 2 N–H and O–H groups in total. The van der Waals surface area contributed by atoms with Crippen LogP contribution in [0, 0.1) is 11.8 Å². The Morgan fingerprint density at radius 1 is 1.48 bits per heavy atom. The van der Waals surface area contributed by atoms with Crippen molar-refractivity contribution < 1.29 is 19.4 Å². The molecule has 0 aliphatic heterocycles. The van der Waals surface area contributed by atoms with E-state index < -0.39 is 5.97 Å². The van der Waals surface area contributed by atoms with Gasteiger partial charge in [-0.05, 0) is 36.0 Å². The van der Waals surface area contributed by atoms with Gasteiger partial charge >= 0.3 is 5.97 Å². The Morgan fingerprint density at radius 2 is 2.24 bits per heavy atom. The first-order valence-electron chi connectivity index (χ1n) is 7.14. The lowest BCUT2D eigenvalue weighted by Gasteiger charge is -2.10. The number of amides is 1. The molecule has 1 aliphatic rings. The highest BCUT2D eigenvalue weighted by Crippen LogP contribution is 2.48. The van der Waals surface area contributed by atoms with E-state index in [2.05, 4.69) is 5.32 Å². The van der Waals surface area contributed by atoms with Crippen LogP contribution in [-0.4, -0.2) is 30.6 Å². The van der Waals surface area contributed by atoms with Crippen molar-refractivity contribution in [3.05, 3.63) is 29.8 Å². The zero-order valence-corrected chi connectivity index (χ0v) is 12.3. The summed E-state index contributed by atoms with van der Waals surface area (Å²) in [5.74, 6) is 0.163. The number of carbonyl (C=O) groups is 2. The summed E-state index contributed by atoms with van der Waals surface area (Å²) >= 11 is 0. The summed E-state index contributed by atoms with van der Waals surface area (Å²) in [4.78, 5) is 22.6. The minimum atomic E-state index is -0.836. The number of nitrogens with one attached hydrogen (secondary N) is 1. The van der Waals surface area contributed by atoms with Crippen molar-refractivity contribution in [1.82, 2.24) is 5.32 Å². The molecule has 1 amide bonds. The third kappa shape index (κ3) is 4.21. The smallest absolute Gasteiger partial charge is 0.303 e. The van der Waals surface area contributed by atoms with Gasteiger partial charge in [0.2, 0.25) is 5.91 Å². The molecule has 5 nitrogen and oxygen atoms in total. The Bertz CT molecular complexity index is 529. The highest BCUT2D eigenvalue weighted by molar-refractivity contribution is 5.83. The fraction of sp³-hybridized carbons (Fsp3) is 0.500. The maximum Gasteiger partial charge on any atom is 0.303 e. The van der Waals surface area contributed by atoms with Gasteiger partial charge in [0.05, 0.1) is 7.11 Å². The highest BCUT2D eigenvalue weighted by Gasteiger charge is 2.43. The van der Waals surface area contributed by atoms with Gasteiger partial charge in [-0.25, -0.2) is 0 Å². The lowest BCUT2D eigenvalue weighted by Crippen LogP contribution is -2.30. The lowest BCUT2D eigenvalue weighted by atomic mass is 10.1. The van der Waals surface area contributed by atoms with Gasteiger partial charge < -0.3 is 15.2 Å². The predicted molar refractivity (Wildman–Crippen MR) is 78.3 cm³/mol. The third-order valence-corrected chi connectivity index (χ3v) is 3.80. The van der Waals surface area contributed by atoms with Crippen LogP contribution in [0.3, 0.4) is 0 Å². The van der Waals surface area contributed by atoms with E-state index in [0.29, 0.717) is 6.54 Å². The number of ether oxygens (including phenoxy) is 1. The summed E-state index contributed by atoms with van der Waals surface area (Å²) in [6.45, 7) is 2.23. The van der Waals surface area contributed by atoms with Crippen molar-refractivity contribution in [2.45, 2.75) is 25.7 Å². The van der Waals surface area contributed by atoms with Crippen LogP contribution in [0.25, 0.3) is 0 Å². The third-order valence-electron chi connectivity index (χ3n) is 3.80. The fourth-order valence-electron chi connectivity index (χ4n) is 2.50. The van der Waals surface area contributed by atoms with Crippen molar-refractivity contribution in [2.24, 2.45) is 11.8 Å². The molecule has 3 atom stereocenters. The van der Waals surface area contributed by atoms with Gasteiger partial charge in [0.25, 0.3) is 0 Å². The quantitative estimate of drug-likeness (QED) is 0.806. The average molecular weight is 291 g/mol. The molecule has 0 radical (unpaired) electrons. The van der Waals surface area contributed by atoms with Crippen molar-refractivity contribution in [3.8, 4) is 5.75 Å². The van der Waals surface area contributed by atoms with E-state index in [4.69, 9.17) is 9.84 Å². The maximum atomic E-state index is 12.0. The monoisotopic (exact) mass is 291 g/mol. The Kier molecular flexibility index (Phi) is 4.83. The minimum Gasteiger partial charge on any atom is -0.497 e. The van der Waals surface area contributed by atoms with Gasteiger partial charge in [-0.2, -0.15) is 0 Å². The van der Waals surface area contributed by atoms with Crippen molar-refractivity contribution >= 4 is 11.9 Å². The topological polar surface area (TPSA) is 75.6 Å². The van der Waals surface area contributed by atoms with Crippen LogP contribution in [0.1, 0.15) is 31.2 Å². The first-order valence-corrected chi connectivity index (χ1v) is 7.14. The Balaban J connectivity index is 1.82. The van der Waals surface area contributed by atoms with E-state index >= 15 is 0 Å². The number of carbonyl (C=O) groups excluding carboxylic acids is 1. The summed E-state index contributed by atoms with van der Waals surface area (Å²) in [6, 6.07) is 7.78. The van der Waals surface area contributed by atoms with Crippen molar-refractivity contribution in [3.63, 3.8) is 0 Å². The second-order valence-corrected chi connectivity index (χ2v) is 5.67. The number of benzene rings is 1. The second-order valence-electron chi connectivity index (χ2n) is 5.67. The minimum absolute atomic E-state index is 0.00543. The molecule has 21 heavy (non-hydrogen) atoms. The molecule has 1 aliphatic carbocycles. The summed E-state index contributed by atoms with van der Waals surface area (Å²) < 4.78 is 5.19. The number of carboxylic acid groups (broad SMARTS) is 1. The van der Waals surface area contributed by atoms with Crippen LogP contribution in [0.4, 0.5) is 0 Å². The highest BCUT2D eigenvalue weighted by atomic mass is 16.5. The molecule has 1 fully saturated rings. The normalized spacial score (nSPS) is 21.4. The molecule has 0 bridgehead atoms. The maximum absolute atomic E-state index is 12.0. The van der Waals surface area contributed by atoms with Crippen LogP contribution in [0.2, 0.25) is 0 Å². The standard InChI is InChI=1S/C16H21NO4/c1-10(6-15(18)19)9-17-16(20)14-8-13(14)11-4-3-5-12(7-11)21-2/h3-5,7,10,13-14H,6,8-9H2,1-2H3,(H,17,20)(H,18,19). The number of aliphatic carboxylic acids is 1. The summed E-state index contributed by atoms with van der Waals surface area (Å²) in [6.07, 6.45) is 0.913. The van der Waals surface area contributed by atoms with Crippen molar-refractivity contribution in [1.29, 1.82) is 0 Å². The molecule has 0 aromatic heterocycles. The van der Waals surface area contributed by atoms with Crippen LogP contribution in [0.15, 0.2) is 24.3 Å². The summed E-state index contributed by atoms with van der Waals surface area (Å²) in [5, 5.41) is 11.5. The molecule has 0 heterocycles. The van der Waals surface area contributed by atoms with Gasteiger partial charge in [-0.15, -0.1) is 0 Å². The van der Waals surface area contributed by atoms with E-state index in [0.717, 1.165) is 17.7 Å². The second kappa shape index (κ2) is 6.61. The number of rotatable bonds is 7. The summed E-state index contributed by atoms with van der Waals surface area (Å²) in [5.41, 5.74) is 1.12. The molecule has 1 aromatic carbocycles. The zero-order valence-electron chi connectivity index (χ0n) is 12.3. The number of hydrogen-bond acceptors (Lipinski definition) is 3. The van der Waals surface area contributed by atoms with Gasteiger partial charge in [0.15, 0.2) is 0 Å². The lowest BCUT2D eigenvalue weighted by molar-refractivity contribution is -0.138. The van der Waals surface area contributed by atoms with Gasteiger partial charge in [0.1, 0.15) is 5.75 Å². The SMILES string of the molecule is COc1cccc(C2CC2C(=O)NCC(C)CC(=O)O)c1. The molecular weight excluding hydrogens is 270 g/mol. The summed E-state index contributed by atoms with van der Waals surface area (Å²) in [7, 11) is 1.63. The van der Waals surface area contributed by atoms with Crippen LogP contribution in [-0.2, 0) is 9.59 Å². The molecule has 0 saturated heterocycles. The zero-order chi connectivity index (χ0) is 15.4. The Labute approximate surface area is 124 Å². The largest absolute Gasteiger partial charge is 0.497 e. The van der Waals surface area contributed by atoms with E-state index in [1.165, 1.54) is 0 Å². The molecule has 1 saturated carbocycles. The van der Waals surface area contributed by atoms with Crippen LogP contribution in [0.5, 0.6) is 5.75 Å².